The van der Waals surface area contributed by atoms with E-state index >= 15 is 0 Å². The van der Waals surface area contributed by atoms with Crippen LogP contribution in [0.25, 0.3) is 0 Å². The molecule has 20 heavy (non-hydrogen) atoms. The molecule has 6 heteroatoms. The first kappa shape index (κ1) is 22.8. The number of hydrogen-bond donors (Lipinski definition) is 1. The molecule has 0 rings (SSSR count). The van der Waals surface area contributed by atoms with E-state index in [1.807, 2.05) is 6.92 Å². The van der Waals surface area contributed by atoms with E-state index in [2.05, 4.69) is 29.2 Å². The molecule has 0 aliphatic heterocycles. The fourth-order valence-electron chi connectivity index (χ4n) is 0.493. The number of carbonyl (C=O) groups excluding carboxylic acids is 2. The van der Waals surface area contributed by atoms with E-state index in [9.17, 15) is 14.4 Å². The number of ether oxygens (including phenoxy) is 2. The average Bonchev–Trinajstić information content (AvgIpc) is 2.40. The smallest absolute Gasteiger partial charge is 0.330 e. The molecule has 0 bridgehead atoms. The molecule has 0 amide bonds. The second kappa shape index (κ2) is 19.0. The molecule has 0 aromatic rings. The summed E-state index contributed by atoms with van der Waals surface area (Å²) < 4.78 is 8.84. The number of carboxylic acids is 1. The molecule has 0 aromatic heterocycles. The fraction of sp³-hybridized carbons (Fsp3) is 0.357. The summed E-state index contributed by atoms with van der Waals surface area (Å²) in [5.41, 5.74) is 0. The number of carboxylic acid groups (broad SMARTS) is 1. The average molecular weight is 286 g/mol. The molecular formula is C14H22O6. The summed E-state index contributed by atoms with van der Waals surface area (Å²) >= 11 is 0. The molecule has 0 aliphatic carbocycles. The van der Waals surface area contributed by atoms with Crippen LogP contribution in [0.1, 0.15) is 26.7 Å². The quantitative estimate of drug-likeness (QED) is 0.349. The molecule has 6 nitrogen and oxygen atoms in total. The van der Waals surface area contributed by atoms with Crippen molar-refractivity contribution in [3.05, 3.63) is 38.2 Å². The highest BCUT2D eigenvalue weighted by Gasteiger charge is 1.91. The maximum absolute atomic E-state index is 10.3. The zero-order valence-corrected chi connectivity index (χ0v) is 12.0. The molecule has 0 heterocycles. The maximum Gasteiger partial charge on any atom is 0.330 e. The van der Waals surface area contributed by atoms with Gasteiger partial charge in [0, 0.05) is 19.1 Å². The Labute approximate surface area is 119 Å². The third-order valence-corrected chi connectivity index (χ3v) is 1.33. The van der Waals surface area contributed by atoms with Crippen LogP contribution in [0, 0.1) is 0 Å². The van der Waals surface area contributed by atoms with Gasteiger partial charge < -0.3 is 14.6 Å². The Balaban J connectivity index is -0.000000230. The van der Waals surface area contributed by atoms with Crippen LogP contribution in [-0.2, 0) is 23.9 Å². The van der Waals surface area contributed by atoms with Crippen LogP contribution in [0.15, 0.2) is 38.2 Å². The summed E-state index contributed by atoms with van der Waals surface area (Å²) in [7, 11) is 0. The predicted octanol–water partition coefficient (Wildman–Crippen LogP) is 2.47. The molecule has 0 saturated carbocycles. The van der Waals surface area contributed by atoms with Crippen LogP contribution in [-0.4, -0.2) is 29.6 Å². The topological polar surface area (TPSA) is 89.9 Å². The highest BCUT2D eigenvalue weighted by Crippen LogP contribution is 1.88. The van der Waals surface area contributed by atoms with Crippen molar-refractivity contribution in [3.8, 4) is 0 Å². The van der Waals surface area contributed by atoms with E-state index < -0.39 is 5.97 Å². The third kappa shape index (κ3) is 36.1. The van der Waals surface area contributed by atoms with Crippen molar-refractivity contribution in [1.29, 1.82) is 0 Å². The van der Waals surface area contributed by atoms with Crippen LogP contribution in [0.5, 0.6) is 0 Å². The number of carbonyl (C=O) groups is 3. The van der Waals surface area contributed by atoms with Gasteiger partial charge in [-0.05, 0) is 6.42 Å². The van der Waals surface area contributed by atoms with Gasteiger partial charge in [-0.3, -0.25) is 4.79 Å². The molecule has 0 aliphatic rings. The summed E-state index contributed by atoms with van der Waals surface area (Å²) in [4.78, 5) is 29.3. The number of rotatable bonds is 6. The molecule has 0 atom stereocenters. The van der Waals surface area contributed by atoms with Gasteiger partial charge in [-0.25, -0.2) is 9.59 Å². The first-order valence-electron chi connectivity index (χ1n) is 5.78. The number of aliphatic carboxylic acids is 1. The van der Waals surface area contributed by atoms with Crippen molar-refractivity contribution in [1.82, 2.24) is 0 Å². The first-order valence-corrected chi connectivity index (χ1v) is 5.78. The molecule has 0 radical (unpaired) electrons. The van der Waals surface area contributed by atoms with Crippen LogP contribution in [0.3, 0.4) is 0 Å². The highest BCUT2D eigenvalue weighted by atomic mass is 16.5. The zero-order valence-electron chi connectivity index (χ0n) is 12.0. The summed E-state index contributed by atoms with van der Waals surface area (Å²) in [6.07, 6.45) is 5.09. The molecule has 0 unspecified atom stereocenters. The van der Waals surface area contributed by atoms with Crippen LogP contribution >= 0.6 is 0 Å². The van der Waals surface area contributed by atoms with E-state index in [4.69, 9.17) is 5.11 Å². The summed E-state index contributed by atoms with van der Waals surface area (Å²) in [6.45, 7) is 13.3. The lowest BCUT2D eigenvalue weighted by atomic mass is 10.4. The molecule has 1 N–H and O–H groups in total. The second-order valence-electron chi connectivity index (χ2n) is 3.04. The molecule has 114 valence electrons. The van der Waals surface area contributed by atoms with E-state index in [1.54, 1.807) is 0 Å². The summed E-state index contributed by atoms with van der Waals surface area (Å²) in [6, 6.07) is 0. The maximum atomic E-state index is 10.3. The Kier molecular flexibility index (Phi) is 21.6. The Morgan fingerprint density at radius 3 is 1.85 bits per heavy atom. The van der Waals surface area contributed by atoms with Crippen molar-refractivity contribution in [2.24, 2.45) is 0 Å². The van der Waals surface area contributed by atoms with Crippen LogP contribution in [0.4, 0.5) is 0 Å². The van der Waals surface area contributed by atoms with Gasteiger partial charge in [0.05, 0.1) is 12.9 Å². The largest absolute Gasteiger partial charge is 0.478 e. The Morgan fingerprint density at radius 2 is 1.65 bits per heavy atom. The normalized spacial score (nSPS) is 7.50. The molecular weight excluding hydrogens is 264 g/mol. The minimum Gasteiger partial charge on any atom is -0.478 e. The van der Waals surface area contributed by atoms with E-state index in [0.717, 1.165) is 25.2 Å². The minimum atomic E-state index is -0.981. The SMILES string of the molecule is C=CC(=O)O.C=CC(=O)OCCCC.C=COC(C)=O. The van der Waals surface area contributed by atoms with Crippen molar-refractivity contribution >= 4 is 17.9 Å². The van der Waals surface area contributed by atoms with E-state index in [0.29, 0.717) is 6.61 Å². The van der Waals surface area contributed by atoms with Crippen LogP contribution in [0.2, 0.25) is 0 Å². The van der Waals surface area contributed by atoms with Gasteiger partial charge in [-0.1, -0.05) is 33.1 Å². The Morgan fingerprint density at radius 1 is 1.15 bits per heavy atom. The van der Waals surface area contributed by atoms with Gasteiger partial charge in [0.15, 0.2) is 0 Å². The standard InChI is InChI=1S/C7H12O2.C4H6O2.C3H4O2/c1-3-5-6-9-7(8)4-2;1-3-6-4(2)5;1-2-3(4)5/h4H,2-3,5-6H2,1H3;3H,1H2,2H3;2H,1H2,(H,4,5). The summed E-state index contributed by atoms with van der Waals surface area (Å²) in [5, 5.41) is 7.60. The van der Waals surface area contributed by atoms with Gasteiger partial charge in [-0.15, -0.1) is 0 Å². The molecule has 0 fully saturated rings. The highest BCUT2D eigenvalue weighted by molar-refractivity contribution is 5.81. The first-order chi connectivity index (χ1) is 9.35. The Hall–Kier alpha value is -2.37. The molecule has 0 spiro atoms. The fourth-order valence-corrected chi connectivity index (χ4v) is 0.493. The lowest BCUT2D eigenvalue weighted by Crippen LogP contribution is -2.00. The third-order valence-electron chi connectivity index (χ3n) is 1.33. The lowest BCUT2D eigenvalue weighted by molar-refractivity contribution is -0.138. The van der Waals surface area contributed by atoms with Gasteiger partial charge in [-0.2, -0.15) is 0 Å². The van der Waals surface area contributed by atoms with Crippen molar-refractivity contribution in [2.75, 3.05) is 6.61 Å². The number of esters is 2. The van der Waals surface area contributed by atoms with E-state index in [1.165, 1.54) is 13.0 Å². The predicted molar refractivity (Wildman–Crippen MR) is 75.9 cm³/mol. The lowest BCUT2D eigenvalue weighted by Gasteiger charge is -1.97. The van der Waals surface area contributed by atoms with Crippen molar-refractivity contribution < 1.29 is 29.0 Å². The van der Waals surface area contributed by atoms with Crippen molar-refractivity contribution in [2.45, 2.75) is 26.7 Å². The van der Waals surface area contributed by atoms with Crippen molar-refractivity contribution in [3.63, 3.8) is 0 Å². The molecule has 0 saturated heterocycles. The number of hydrogen-bond acceptors (Lipinski definition) is 5. The van der Waals surface area contributed by atoms with Gasteiger partial charge in [0.25, 0.3) is 0 Å². The van der Waals surface area contributed by atoms with Gasteiger partial charge in [0.2, 0.25) is 0 Å². The second-order valence-corrected chi connectivity index (χ2v) is 3.04. The minimum absolute atomic E-state index is 0.329. The Bertz CT molecular complexity index is 320. The zero-order chi connectivity index (χ0) is 16.4. The number of unbranched alkanes of at least 4 members (excludes halogenated alkanes) is 1. The van der Waals surface area contributed by atoms with E-state index in [-0.39, 0.29) is 11.9 Å². The summed E-state index contributed by atoms with van der Waals surface area (Å²) in [5.74, 6) is -1.64. The monoisotopic (exact) mass is 286 g/mol. The van der Waals surface area contributed by atoms with Gasteiger partial charge >= 0.3 is 17.9 Å². The van der Waals surface area contributed by atoms with Crippen LogP contribution < -0.4 is 0 Å². The molecule has 0 aromatic carbocycles. The van der Waals surface area contributed by atoms with Gasteiger partial charge in [0.1, 0.15) is 0 Å².